The van der Waals surface area contributed by atoms with Crippen molar-refractivity contribution >= 4 is 28.8 Å². The number of halogens is 15. The maximum absolute atomic E-state index is 14.4. The monoisotopic (exact) mass is 619 g/mol. The minimum Gasteiger partial charge on any atom is -0.388 e. The molecule has 0 saturated carbocycles. The lowest BCUT2D eigenvalue weighted by atomic mass is 9.36. The summed E-state index contributed by atoms with van der Waals surface area (Å²) >= 11 is 0. The van der Waals surface area contributed by atoms with E-state index in [1.54, 1.807) is 0 Å². The van der Waals surface area contributed by atoms with Crippen LogP contribution in [0.2, 0.25) is 0 Å². The second-order valence-corrected chi connectivity index (χ2v) is 8.00. The molecule has 42 heavy (non-hydrogen) atoms. The lowest BCUT2D eigenvalue weighted by Crippen LogP contribution is -2.60. The van der Waals surface area contributed by atoms with Crippen LogP contribution in [0.15, 0.2) is 30.3 Å². The summed E-state index contributed by atoms with van der Waals surface area (Å²) in [7, 11) is 1.91. The van der Waals surface area contributed by atoms with Gasteiger partial charge in [-0.25, -0.2) is 65.9 Å². The molecule has 0 fully saturated rings. The van der Waals surface area contributed by atoms with Crippen LogP contribution >= 0.6 is 0 Å². The number of hydrogen-bond acceptors (Lipinski definition) is 1. The van der Waals surface area contributed by atoms with Crippen molar-refractivity contribution < 1.29 is 65.9 Å². The van der Waals surface area contributed by atoms with Gasteiger partial charge in [0.25, 0.3) is 6.71 Å². The number of nitrogens with one attached hydrogen (secondary N) is 1. The number of para-hydroxylation sites is 1. The van der Waals surface area contributed by atoms with E-state index >= 15 is 0 Å². The molecule has 0 saturated heterocycles. The third kappa shape index (κ3) is 5.34. The molecule has 0 radical (unpaired) electrons. The summed E-state index contributed by atoms with van der Waals surface area (Å²) < 4.78 is 209. The van der Waals surface area contributed by atoms with Gasteiger partial charge in [-0.3, -0.25) is 0 Å². The van der Waals surface area contributed by atoms with Crippen LogP contribution < -0.4 is 21.7 Å². The van der Waals surface area contributed by atoms with Gasteiger partial charge in [-0.15, -0.1) is 0 Å². The Bertz CT molecular complexity index is 1430. The highest BCUT2D eigenvalue weighted by atomic mass is 19.2. The Kier molecular flexibility index (Phi) is 9.42. The normalized spacial score (nSPS) is 10.9. The van der Waals surface area contributed by atoms with E-state index in [1.165, 1.54) is 0 Å². The first-order chi connectivity index (χ1) is 19.6. The van der Waals surface area contributed by atoms with E-state index in [2.05, 4.69) is 5.32 Å². The SMILES string of the molecule is CNc1ccccc1.Fc1c(F)c(F)c(B(c2c(F)c(F)c(F)c(F)c2F)c2c(F)c(F)c(F)c(F)c2F)c(F)c1F. The standard InChI is InChI=1S/C18BF15.C7H9N/c20-4-1(5(21)11(27)16(32)10(4)26)19(2-6(22)12(28)17(33)13(29)7(2)23)3-8(24)14(30)18(34)15(31)9(3)25;1-8-7-5-3-2-4-6-7/h;2-6,8H,1H3. The molecule has 0 amide bonds. The maximum Gasteiger partial charge on any atom is 0.265 e. The van der Waals surface area contributed by atoms with Crippen molar-refractivity contribution in [3.8, 4) is 0 Å². The fourth-order valence-electron chi connectivity index (χ4n) is 3.66. The zero-order valence-corrected chi connectivity index (χ0v) is 20.1. The van der Waals surface area contributed by atoms with Crippen molar-refractivity contribution in [3.63, 3.8) is 0 Å². The molecule has 0 spiro atoms. The van der Waals surface area contributed by atoms with Gasteiger partial charge in [-0.05, 0) is 12.1 Å². The third-order valence-corrected chi connectivity index (χ3v) is 5.66. The largest absolute Gasteiger partial charge is 0.388 e. The second-order valence-electron chi connectivity index (χ2n) is 8.00. The molecular weight excluding hydrogens is 610 g/mol. The van der Waals surface area contributed by atoms with Crippen LogP contribution in [0.25, 0.3) is 0 Å². The zero-order chi connectivity index (χ0) is 31.8. The maximum atomic E-state index is 14.4. The molecule has 0 aromatic heterocycles. The molecule has 4 rings (SSSR count). The first-order valence-corrected chi connectivity index (χ1v) is 10.9. The van der Waals surface area contributed by atoms with Crippen LogP contribution in [0.4, 0.5) is 71.5 Å². The highest BCUT2D eigenvalue weighted by Gasteiger charge is 2.45. The van der Waals surface area contributed by atoms with Gasteiger partial charge in [0.2, 0.25) is 0 Å². The van der Waals surface area contributed by atoms with Crippen molar-refractivity contribution in [2.24, 2.45) is 0 Å². The van der Waals surface area contributed by atoms with Crippen LogP contribution in [0, 0.1) is 87.3 Å². The lowest BCUT2D eigenvalue weighted by molar-refractivity contribution is 0.380. The van der Waals surface area contributed by atoms with Crippen molar-refractivity contribution in [2.75, 3.05) is 12.4 Å². The van der Waals surface area contributed by atoms with Gasteiger partial charge in [0, 0.05) is 29.1 Å². The average Bonchev–Trinajstić information content (AvgIpc) is 2.99. The predicted molar refractivity (Wildman–Crippen MR) is 119 cm³/mol. The van der Waals surface area contributed by atoms with Crippen molar-refractivity contribution in [1.82, 2.24) is 0 Å². The number of hydrogen-bond donors (Lipinski definition) is 1. The summed E-state index contributed by atoms with van der Waals surface area (Å²) in [6, 6.07) is 10.1. The lowest BCUT2D eigenvalue weighted by Gasteiger charge is -2.21. The molecule has 0 atom stereocenters. The minimum absolute atomic E-state index is 1.16. The van der Waals surface area contributed by atoms with Crippen LogP contribution in [-0.2, 0) is 0 Å². The van der Waals surface area contributed by atoms with Gasteiger partial charge >= 0.3 is 0 Å². The minimum atomic E-state index is -3.96. The first-order valence-electron chi connectivity index (χ1n) is 10.9. The Balaban J connectivity index is 0.000000521. The van der Waals surface area contributed by atoms with Gasteiger partial charge in [-0.2, -0.15) is 0 Å². The highest BCUT2D eigenvalue weighted by Crippen LogP contribution is 2.23. The van der Waals surface area contributed by atoms with Crippen LogP contribution in [0.3, 0.4) is 0 Å². The van der Waals surface area contributed by atoms with E-state index in [4.69, 9.17) is 0 Å². The average molecular weight is 619 g/mol. The van der Waals surface area contributed by atoms with E-state index in [-0.39, 0.29) is 0 Å². The fraction of sp³-hybridized carbons (Fsp3) is 0.0400. The zero-order valence-electron chi connectivity index (χ0n) is 20.1. The Labute approximate surface area is 225 Å². The van der Waals surface area contributed by atoms with E-state index in [1.807, 2.05) is 37.4 Å². The summed E-state index contributed by atoms with van der Waals surface area (Å²) in [5, 5.41) is 3.03. The number of anilines is 1. The topological polar surface area (TPSA) is 12.0 Å². The molecule has 4 aromatic rings. The quantitative estimate of drug-likeness (QED) is 0.128. The van der Waals surface area contributed by atoms with Gasteiger partial charge in [-0.1, -0.05) is 18.2 Å². The summed E-state index contributed by atoms with van der Waals surface area (Å²) in [5.74, 6) is -45.2. The van der Waals surface area contributed by atoms with Crippen LogP contribution in [0.1, 0.15) is 0 Å². The van der Waals surface area contributed by atoms with Crippen molar-refractivity contribution in [2.45, 2.75) is 0 Å². The summed E-state index contributed by atoms with van der Waals surface area (Å²) in [4.78, 5) is 0. The molecule has 0 aliphatic rings. The molecule has 0 heterocycles. The molecule has 0 unspecified atom stereocenters. The Morgan fingerprint density at radius 1 is 0.357 bits per heavy atom. The molecule has 1 nitrogen and oxygen atoms in total. The van der Waals surface area contributed by atoms with Crippen molar-refractivity contribution in [1.29, 1.82) is 0 Å². The van der Waals surface area contributed by atoms with E-state index < -0.39 is 110 Å². The van der Waals surface area contributed by atoms with Gasteiger partial charge in [0.1, 0.15) is 0 Å². The second kappa shape index (κ2) is 12.3. The number of benzene rings is 4. The number of rotatable bonds is 4. The molecule has 0 aliphatic carbocycles. The smallest absolute Gasteiger partial charge is 0.265 e. The Hall–Kier alpha value is -4.31. The van der Waals surface area contributed by atoms with Crippen LogP contribution in [-0.4, -0.2) is 13.8 Å². The predicted octanol–water partition coefficient (Wildman–Crippen LogP) is 6.02. The highest BCUT2D eigenvalue weighted by molar-refractivity contribution is 6.95. The van der Waals surface area contributed by atoms with Crippen molar-refractivity contribution in [3.05, 3.63) is 118 Å². The molecule has 17 heteroatoms. The summed E-state index contributed by atoms with van der Waals surface area (Å²) in [5.41, 5.74) is -6.87. The molecule has 4 aromatic carbocycles. The van der Waals surface area contributed by atoms with Gasteiger partial charge in [0.15, 0.2) is 87.3 Å². The van der Waals surface area contributed by atoms with Gasteiger partial charge in [0.05, 0.1) is 0 Å². The Morgan fingerprint density at radius 3 is 0.762 bits per heavy atom. The molecule has 0 aliphatic heterocycles. The van der Waals surface area contributed by atoms with E-state index in [0.29, 0.717) is 0 Å². The summed E-state index contributed by atoms with van der Waals surface area (Å²) in [6.07, 6.45) is 0. The van der Waals surface area contributed by atoms with E-state index in [9.17, 15) is 65.9 Å². The summed E-state index contributed by atoms with van der Waals surface area (Å²) in [6.45, 7) is -3.96. The Morgan fingerprint density at radius 2 is 0.571 bits per heavy atom. The molecule has 1 N–H and O–H groups in total. The third-order valence-electron chi connectivity index (χ3n) is 5.66. The molecule has 0 bridgehead atoms. The van der Waals surface area contributed by atoms with E-state index in [0.717, 1.165) is 5.69 Å². The molecule has 222 valence electrons. The first kappa shape index (κ1) is 32.2. The molecular formula is C25H9BF15N. The van der Waals surface area contributed by atoms with Gasteiger partial charge < -0.3 is 5.32 Å². The fourth-order valence-corrected chi connectivity index (χ4v) is 3.66. The van der Waals surface area contributed by atoms with Crippen LogP contribution in [0.5, 0.6) is 0 Å².